The van der Waals surface area contributed by atoms with Gasteiger partial charge in [0.05, 0.1) is 29.1 Å². The largest absolute Gasteiger partial charge is 0.481 e. The molecule has 2 aromatic rings. The minimum Gasteiger partial charge on any atom is -0.481 e. The van der Waals surface area contributed by atoms with Gasteiger partial charge in [-0.25, -0.2) is 4.68 Å². The van der Waals surface area contributed by atoms with E-state index in [2.05, 4.69) is 10.4 Å². The van der Waals surface area contributed by atoms with Crippen LogP contribution in [0.2, 0.25) is 10.0 Å². The first-order valence-electron chi connectivity index (χ1n) is 6.20. The maximum absolute atomic E-state index is 6.21. The van der Waals surface area contributed by atoms with Crippen LogP contribution in [0, 0.1) is 13.8 Å². The topological polar surface area (TPSA) is 39.1 Å². The van der Waals surface area contributed by atoms with Gasteiger partial charge in [-0.3, -0.25) is 0 Å². The van der Waals surface area contributed by atoms with E-state index in [-0.39, 0.29) is 0 Å². The van der Waals surface area contributed by atoms with Crippen molar-refractivity contribution in [1.29, 1.82) is 0 Å². The van der Waals surface area contributed by atoms with Crippen molar-refractivity contribution in [2.24, 2.45) is 7.05 Å². The lowest BCUT2D eigenvalue weighted by Crippen LogP contribution is -2.03. The Morgan fingerprint density at radius 3 is 2.60 bits per heavy atom. The lowest BCUT2D eigenvalue weighted by molar-refractivity contribution is 0.370. The highest BCUT2D eigenvalue weighted by atomic mass is 35.5. The summed E-state index contributed by atoms with van der Waals surface area (Å²) in [5.74, 6) is 0.740. The van der Waals surface area contributed by atoms with Crippen LogP contribution in [0.3, 0.4) is 0 Å². The molecule has 4 nitrogen and oxygen atoms in total. The number of hydrogen-bond donors (Lipinski definition) is 1. The molecule has 0 amide bonds. The number of ether oxygens (including phenoxy) is 1. The van der Waals surface area contributed by atoms with Crippen LogP contribution in [0.1, 0.15) is 16.8 Å². The SMILES string of the molecule is COc1c(CNc2cc(Cl)c(C)cc2Cl)c(C)nn1C. The Kier molecular flexibility index (Phi) is 4.45. The fourth-order valence-corrected chi connectivity index (χ4v) is 2.55. The zero-order valence-electron chi connectivity index (χ0n) is 11.9. The number of hydrogen-bond acceptors (Lipinski definition) is 3. The molecule has 6 heteroatoms. The van der Waals surface area contributed by atoms with Gasteiger partial charge in [0.2, 0.25) is 5.88 Å². The summed E-state index contributed by atoms with van der Waals surface area (Å²) < 4.78 is 7.08. The summed E-state index contributed by atoms with van der Waals surface area (Å²) in [4.78, 5) is 0. The highest BCUT2D eigenvalue weighted by Gasteiger charge is 2.14. The highest BCUT2D eigenvalue weighted by molar-refractivity contribution is 6.35. The summed E-state index contributed by atoms with van der Waals surface area (Å²) in [5.41, 5.74) is 3.68. The van der Waals surface area contributed by atoms with Gasteiger partial charge in [0.1, 0.15) is 0 Å². The monoisotopic (exact) mass is 313 g/mol. The van der Waals surface area contributed by atoms with E-state index < -0.39 is 0 Å². The number of aromatic nitrogens is 2. The zero-order valence-corrected chi connectivity index (χ0v) is 13.4. The van der Waals surface area contributed by atoms with Crippen molar-refractivity contribution >= 4 is 28.9 Å². The van der Waals surface area contributed by atoms with Gasteiger partial charge < -0.3 is 10.1 Å². The molecular weight excluding hydrogens is 297 g/mol. The molecule has 1 aromatic carbocycles. The predicted molar refractivity (Wildman–Crippen MR) is 83.0 cm³/mol. The first-order valence-corrected chi connectivity index (χ1v) is 6.95. The van der Waals surface area contributed by atoms with Crippen LogP contribution < -0.4 is 10.1 Å². The Hall–Kier alpha value is -1.39. The second-order valence-corrected chi connectivity index (χ2v) is 5.45. The van der Waals surface area contributed by atoms with Crippen molar-refractivity contribution in [3.8, 4) is 5.88 Å². The third-order valence-corrected chi connectivity index (χ3v) is 3.91. The van der Waals surface area contributed by atoms with Crippen molar-refractivity contribution in [2.45, 2.75) is 20.4 Å². The van der Waals surface area contributed by atoms with Gasteiger partial charge >= 0.3 is 0 Å². The van der Waals surface area contributed by atoms with Gasteiger partial charge in [-0.2, -0.15) is 5.10 Å². The van der Waals surface area contributed by atoms with Gasteiger partial charge in [0, 0.05) is 18.6 Å². The molecule has 0 spiro atoms. The molecule has 0 aliphatic heterocycles. The minimum absolute atomic E-state index is 0.571. The number of aryl methyl sites for hydroxylation is 3. The predicted octanol–water partition coefficient (Wildman–Crippen LogP) is 3.96. The third-order valence-electron chi connectivity index (χ3n) is 3.19. The van der Waals surface area contributed by atoms with Crippen molar-refractivity contribution in [2.75, 3.05) is 12.4 Å². The van der Waals surface area contributed by atoms with Crippen molar-refractivity contribution in [3.63, 3.8) is 0 Å². The maximum atomic E-state index is 6.21. The second-order valence-electron chi connectivity index (χ2n) is 4.63. The Bertz CT molecular complexity index is 638. The number of nitrogens with zero attached hydrogens (tertiary/aromatic N) is 2. The summed E-state index contributed by atoms with van der Waals surface area (Å²) in [6, 6.07) is 3.68. The molecule has 1 heterocycles. The summed E-state index contributed by atoms with van der Waals surface area (Å²) in [6.07, 6.45) is 0. The molecule has 1 aromatic heterocycles. The quantitative estimate of drug-likeness (QED) is 0.928. The summed E-state index contributed by atoms with van der Waals surface area (Å²) in [5, 5.41) is 8.95. The molecule has 0 fully saturated rings. The van der Waals surface area contributed by atoms with Crippen LogP contribution in [0.4, 0.5) is 5.69 Å². The van der Waals surface area contributed by atoms with E-state index in [4.69, 9.17) is 27.9 Å². The lowest BCUT2D eigenvalue weighted by Gasteiger charge is -2.11. The van der Waals surface area contributed by atoms with E-state index in [1.54, 1.807) is 11.8 Å². The molecule has 1 N–H and O–H groups in total. The standard InChI is InChI=1S/C14H17Cl2N3O/c1-8-5-12(16)13(6-11(8)15)17-7-10-9(2)18-19(3)14(10)20-4/h5-6,17H,7H2,1-4H3. The van der Waals surface area contributed by atoms with E-state index >= 15 is 0 Å². The van der Waals surface area contributed by atoms with Gasteiger partial charge in [-0.15, -0.1) is 0 Å². The van der Waals surface area contributed by atoms with Crippen LogP contribution in [0.25, 0.3) is 0 Å². The molecule has 0 unspecified atom stereocenters. The van der Waals surface area contributed by atoms with E-state index in [1.807, 2.05) is 33.0 Å². The van der Waals surface area contributed by atoms with Gasteiger partial charge in [-0.1, -0.05) is 23.2 Å². The van der Waals surface area contributed by atoms with Crippen LogP contribution in [-0.2, 0) is 13.6 Å². The number of rotatable bonds is 4. The van der Waals surface area contributed by atoms with Crippen LogP contribution in [0.15, 0.2) is 12.1 Å². The Morgan fingerprint density at radius 2 is 1.95 bits per heavy atom. The fourth-order valence-electron chi connectivity index (χ4n) is 2.11. The first kappa shape index (κ1) is 15.0. The highest BCUT2D eigenvalue weighted by Crippen LogP contribution is 2.30. The van der Waals surface area contributed by atoms with Crippen LogP contribution >= 0.6 is 23.2 Å². The Balaban J connectivity index is 2.23. The van der Waals surface area contributed by atoms with E-state index in [1.165, 1.54) is 0 Å². The zero-order chi connectivity index (χ0) is 14.9. The number of anilines is 1. The van der Waals surface area contributed by atoms with Crippen molar-refractivity contribution < 1.29 is 4.74 Å². The van der Waals surface area contributed by atoms with Gasteiger partial charge in [0.25, 0.3) is 0 Å². The molecule has 0 saturated carbocycles. The fraction of sp³-hybridized carbons (Fsp3) is 0.357. The molecule has 0 aliphatic rings. The molecular formula is C14H17Cl2N3O. The minimum atomic E-state index is 0.571. The number of benzene rings is 1. The van der Waals surface area contributed by atoms with E-state index in [9.17, 15) is 0 Å². The average molecular weight is 314 g/mol. The van der Waals surface area contributed by atoms with Gasteiger partial charge in [0.15, 0.2) is 0 Å². The molecule has 0 atom stereocenters. The summed E-state index contributed by atoms with van der Waals surface area (Å²) in [7, 11) is 3.49. The third kappa shape index (κ3) is 2.86. The molecule has 20 heavy (non-hydrogen) atoms. The number of nitrogens with one attached hydrogen (secondary N) is 1. The molecule has 0 radical (unpaired) electrons. The summed E-state index contributed by atoms with van der Waals surface area (Å²) >= 11 is 12.3. The number of halogens is 2. The normalized spacial score (nSPS) is 10.7. The Labute approximate surface area is 128 Å². The van der Waals surface area contributed by atoms with E-state index in [0.29, 0.717) is 16.6 Å². The second kappa shape index (κ2) is 5.94. The number of methoxy groups -OCH3 is 1. The molecule has 0 aliphatic carbocycles. The van der Waals surface area contributed by atoms with Crippen molar-refractivity contribution in [3.05, 3.63) is 39.0 Å². The molecule has 2 rings (SSSR count). The molecule has 108 valence electrons. The van der Waals surface area contributed by atoms with Crippen molar-refractivity contribution in [1.82, 2.24) is 9.78 Å². The van der Waals surface area contributed by atoms with Gasteiger partial charge in [-0.05, 0) is 31.5 Å². The smallest absolute Gasteiger partial charge is 0.216 e. The molecule has 0 saturated heterocycles. The maximum Gasteiger partial charge on any atom is 0.216 e. The first-order chi connectivity index (χ1) is 9.43. The lowest BCUT2D eigenvalue weighted by atomic mass is 10.2. The summed E-state index contributed by atoms with van der Waals surface area (Å²) in [6.45, 7) is 4.44. The average Bonchev–Trinajstić information content (AvgIpc) is 2.66. The Morgan fingerprint density at radius 1 is 1.25 bits per heavy atom. The van der Waals surface area contributed by atoms with Crippen LogP contribution in [-0.4, -0.2) is 16.9 Å². The molecule has 0 bridgehead atoms. The van der Waals surface area contributed by atoms with E-state index in [0.717, 1.165) is 28.4 Å². The van der Waals surface area contributed by atoms with Crippen LogP contribution in [0.5, 0.6) is 5.88 Å².